The number of amides is 3. The number of para-hydroxylation sites is 2. The van der Waals surface area contributed by atoms with Crippen molar-refractivity contribution in [2.75, 3.05) is 13.2 Å². The van der Waals surface area contributed by atoms with E-state index in [9.17, 15) is 14.4 Å². The molecule has 8 heteroatoms. The number of aromatic nitrogens is 1. The quantitative estimate of drug-likeness (QED) is 0.402. The Morgan fingerprint density at radius 3 is 2.47 bits per heavy atom. The molecular weight excluding hydrogens is 458 g/mol. The lowest BCUT2D eigenvalue weighted by atomic mass is 9.87. The Labute approximate surface area is 209 Å². The summed E-state index contributed by atoms with van der Waals surface area (Å²) in [7, 11) is 0. The summed E-state index contributed by atoms with van der Waals surface area (Å²) in [6.45, 7) is 6.23. The molecule has 3 heterocycles. The number of carbonyl (C=O) groups excluding carboxylic acids is 3. The van der Waals surface area contributed by atoms with Gasteiger partial charge in [0.1, 0.15) is 12.1 Å². The summed E-state index contributed by atoms with van der Waals surface area (Å²) in [5.41, 5.74) is 1.68. The van der Waals surface area contributed by atoms with Gasteiger partial charge in [-0.1, -0.05) is 49.4 Å². The van der Waals surface area contributed by atoms with E-state index in [0.29, 0.717) is 36.4 Å². The second-order valence-electron chi connectivity index (χ2n) is 9.26. The minimum absolute atomic E-state index is 0.213. The van der Waals surface area contributed by atoms with Gasteiger partial charge in [0.05, 0.1) is 13.1 Å². The molecule has 2 unspecified atom stereocenters. The predicted molar refractivity (Wildman–Crippen MR) is 133 cm³/mol. The fourth-order valence-electron chi connectivity index (χ4n) is 5.08. The topological polar surface area (TPSA) is 89.9 Å². The standard InChI is InChI=1S/C28H29N3O5/c1-4-28(20-10-6-5-7-11-20)26(33)31(27(34)29-28)16-23(32)22-14-18(2)30(19(22)3)15-21-17-35-24-12-8-9-13-25(24)36-21/h5-14,21H,4,15-17H2,1-3H3,(H,29,34). The van der Waals surface area contributed by atoms with Crippen molar-refractivity contribution in [2.24, 2.45) is 0 Å². The fraction of sp³-hybridized carbons (Fsp3) is 0.321. The molecule has 1 saturated heterocycles. The maximum absolute atomic E-state index is 13.4. The van der Waals surface area contributed by atoms with Gasteiger partial charge in [0.2, 0.25) is 0 Å². The SMILES string of the molecule is CCC1(c2ccccc2)NC(=O)N(CC(=O)c2cc(C)n(CC3COc4ccccc4O3)c2C)C1=O. The second-order valence-corrected chi connectivity index (χ2v) is 9.26. The Balaban J connectivity index is 1.33. The molecule has 1 fully saturated rings. The van der Waals surface area contributed by atoms with E-state index in [0.717, 1.165) is 22.0 Å². The Kier molecular flexibility index (Phi) is 6.04. The van der Waals surface area contributed by atoms with E-state index in [1.54, 1.807) is 6.07 Å². The van der Waals surface area contributed by atoms with Crippen molar-refractivity contribution < 1.29 is 23.9 Å². The number of fused-ring (bicyclic) bond motifs is 1. The number of Topliss-reactive ketones (excluding diaryl/α,β-unsaturated/α-hetero) is 1. The molecule has 1 N–H and O–H groups in total. The van der Waals surface area contributed by atoms with Gasteiger partial charge < -0.3 is 19.4 Å². The highest BCUT2D eigenvalue weighted by Gasteiger charge is 2.51. The van der Waals surface area contributed by atoms with E-state index in [1.165, 1.54) is 0 Å². The molecule has 5 rings (SSSR count). The average Bonchev–Trinajstić information content (AvgIpc) is 3.32. The molecule has 3 amide bonds. The molecule has 8 nitrogen and oxygen atoms in total. The number of imide groups is 1. The van der Waals surface area contributed by atoms with Crippen LogP contribution in [-0.4, -0.2) is 46.4 Å². The van der Waals surface area contributed by atoms with Crippen LogP contribution in [-0.2, 0) is 16.9 Å². The van der Waals surface area contributed by atoms with Crippen molar-refractivity contribution in [1.29, 1.82) is 0 Å². The van der Waals surface area contributed by atoms with Crippen LogP contribution in [0.15, 0.2) is 60.7 Å². The van der Waals surface area contributed by atoms with Gasteiger partial charge in [0.15, 0.2) is 23.4 Å². The molecule has 36 heavy (non-hydrogen) atoms. The van der Waals surface area contributed by atoms with E-state index >= 15 is 0 Å². The molecule has 2 atom stereocenters. The largest absolute Gasteiger partial charge is 0.486 e. The molecule has 2 aliphatic rings. The van der Waals surface area contributed by atoms with Crippen LogP contribution in [0.4, 0.5) is 4.79 Å². The lowest BCUT2D eigenvalue weighted by Gasteiger charge is -2.27. The van der Waals surface area contributed by atoms with Crippen LogP contribution in [0.3, 0.4) is 0 Å². The molecule has 0 spiro atoms. The van der Waals surface area contributed by atoms with Gasteiger partial charge in [-0.15, -0.1) is 0 Å². The summed E-state index contributed by atoms with van der Waals surface area (Å²) in [5.74, 6) is 0.723. The number of ketones is 1. The van der Waals surface area contributed by atoms with Crippen LogP contribution >= 0.6 is 0 Å². The van der Waals surface area contributed by atoms with Gasteiger partial charge in [-0.05, 0) is 44.0 Å². The van der Waals surface area contributed by atoms with E-state index in [4.69, 9.17) is 9.47 Å². The summed E-state index contributed by atoms with van der Waals surface area (Å²) in [5, 5.41) is 2.83. The third-order valence-corrected chi connectivity index (χ3v) is 7.10. The number of benzene rings is 2. The van der Waals surface area contributed by atoms with Crippen LogP contribution in [0.5, 0.6) is 11.5 Å². The Morgan fingerprint density at radius 2 is 1.75 bits per heavy atom. The number of carbonyl (C=O) groups is 3. The first kappa shape index (κ1) is 23.7. The second kappa shape index (κ2) is 9.18. The van der Waals surface area contributed by atoms with Gasteiger partial charge in [-0.2, -0.15) is 0 Å². The van der Waals surface area contributed by atoms with Gasteiger partial charge >= 0.3 is 6.03 Å². The lowest BCUT2D eigenvalue weighted by Crippen LogP contribution is -2.43. The number of nitrogens with zero attached hydrogens (tertiary/aromatic N) is 2. The number of hydrogen-bond donors (Lipinski definition) is 1. The molecule has 0 bridgehead atoms. The van der Waals surface area contributed by atoms with Crippen molar-refractivity contribution in [1.82, 2.24) is 14.8 Å². The van der Waals surface area contributed by atoms with Crippen molar-refractivity contribution in [3.8, 4) is 11.5 Å². The fourth-order valence-corrected chi connectivity index (χ4v) is 5.08. The number of ether oxygens (including phenoxy) is 2. The normalized spacial score (nSPS) is 21.0. The molecule has 0 aliphatic carbocycles. The van der Waals surface area contributed by atoms with Gasteiger partial charge in [-0.3, -0.25) is 14.5 Å². The van der Waals surface area contributed by atoms with Crippen LogP contribution < -0.4 is 14.8 Å². The number of rotatable bonds is 7. The smallest absolute Gasteiger partial charge is 0.325 e. The van der Waals surface area contributed by atoms with Gasteiger partial charge in [-0.25, -0.2) is 4.79 Å². The van der Waals surface area contributed by atoms with Crippen LogP contribution in [0.1, 0.15) is 40.7 Å². The van der Waals surface area contributed by atoms with Crippen molar-refractivity contribution in [3.63, 3.8) is 0 Å². The number of urea groups is 1. The first-order valence-electron chi connectivity index (χ1n) is 12.1. The number of hydrogen-bond acceptors (Lipinski definition) is 5. The summed E-state index contributed by atoms with van der Waals surface area (Å²) in [6.07, 6.45) is 0.169. The monoisotopic (exact) mass is 487 g/mol. The average molecular weight is 488 g/mol. The predicted octanol–water partition coefficient (Wildman–Crippen LogP) is 3.98. The molecule has 186 valence electrons. The molecule has 3 aromatic rings. The molecule has 0 saturated carbocycles. The van der Waals surface area contributed by atoms with Crippen molar-refractivity contribution >= 4 is 17.7 Å². The maximum atomic E-state index is 13.4. The molecule has 2 aliphatic heterocycles. The molecule has 2 aromatic carbocycles. The highest BCUT2D eigenvalue weighted by Crippen LogP contribution is 2.33. The van der Waals surface area contributed by atoms with E-state index in [1.807, 2.05) is 79.9 Å². The molecule has 0 radical (unpaired) electrons. The van der Waals surface area contributed by atoms with E-state index < -0.39 is 17.5 Å². The lowest BCUT2D eigenvalue weighted by molar-refractivity contribution is -0.131. The third-order valence-electron chi connectivity index (χ3n) is 7.10. The zero-order valence-corrected chi connectivity index (χ0v) is 20.6. The van der Waals surface area contributed by atoms with Crippen molar-refractivity contribution in [2.45, 2.75) is 45.4 Å². The highest BCUT2D eigenvalue weighted by molar-refractivity contribution is 6.11. The first-order chi connectivity index (χ1) is 17.3. The third kappa shape index (κ3) is 3.92. The minimum atomic E-state index is -1.16. The zero-order valence-electron chi connectivity index (χ0n) is 20.6. The minimum Gasteiger partial charge on any atom is -0.486 e. The summed E-state index contributed by atoms with van der Waals surface area (Å²) in [6, 6.07) is 17.9. The number of aryl methyl sites for hydroxylation is 1. The Hall–Kier alpha value is -4.07. The maximum Gasteiger partial charge on any atom is 0.325 e. The Morgan fingerprint density at radius 1 is 1.06 bits per heavy atom. The van der Waals surface area contributed by atoms with E-state index in [-0.39, 0.29) is 18.4 Å². The summed E-state index contributed by atoms with van der Waals surface area (Å²) in [4.78, 5) is 40.6. The molecule has 1 aromatic heterocycles. The van der Waals surface area contributed by atoms with E-state index in [2.05, 4.69) is 5.32 Å². The van der Waals surface area contributed by atoms with Crippen LogP contribution in [0.2, 0.25) is 0 Å². The van der Waals surface area contributed by atoms with Crippen LogP contribution in [0, 0.1) is 13.8 Å². The van der Waals surface area contributed by atoms with Gasteiger partial charge in [0, 0.05) is 17.0 Å². The molecular formula is C28H29N3O5. The highest BCUT2D eigenvalue weighted by atomic mass is 16.6. The zero-order chi connectivity index (χ0) is 25.4. The van der Waals surface area contributed by atoms with Crippen LogP contribution in [0.25, 0.3) is 0 Å². The summed E-state index contributed by atoms with van der Waals surface area (Å²) < 4.78 is 13.9. The first-order valence-corrected chi connectivity index (χ1v) is 12.1. The van der Waals surface area contributed by atoms with Crippen molar-refractivity contribution in [3.05, 3.63) is 83.2 Å². The number of nitrogens with one attached hydrogen (secondary N) is 1. The Bertz CT molecular complexity index is 1330. The summed E-state index contributed by atoms with van der Waals surface area (Å²) >= 11 is 0. The van der Waals surface area contributed by atoms with Gasteiger partial charge in [0.25, 0.3) is 5.91 Å².